The average molecular weight is 198 g/mol. The van der Waals surface area contributed by atoms with Gasteiger partial charge in [-0.15, -0.1) is 0 Å². The van der Waals surface area contributed by atoms with Crippen LogP contribution in [0.2, 0.25) is 0 Å². The third-order valence-electron chi connectivity index (χ3n) is 2.58. The van der Waals surface area contributed by atoms with Gasteiger partial charge in [0, 0.05) is 5.25 Å². The van der Waals surface area contributed by atoms with Gasteiger partial charge < -0.3 is 0 Å². The smallest absolute Gasteiger partial charge is 0.00141 e. The van der Waals surface area contributed by atoms with E-state index in [1.54, 1.807) is 0 Å². The highest BCUT2D eigenvalue weighted by molar-refractivity contribution is 7.80. The van der Waals surface area contributed by atoms with Gasteiger partial charge in [0.15, 0.2) is 0 Å². The van der Waals surface area contributed by atoms with Crippen molar-refractivity contribution in [2.24, 2.45) is 5.92 Å². The lowest BCUT2D eigenvalue weighted by Crippen LogP contribution is -2.06. The Morgan fingerprint density at radius 2 is 2.08 bits per heavy atom. The second-order valence-corrected chi connectivity index (χ2v) is 4.49. The summed E-state index contributed by atoms with van der Waals surface area (Å²) in [6.45, 7) is 10.3. The van der Waals surface area contributed by atoms with Crippen LogP contribution in [-0.2, 0) is 0 Å². The van der Waals surface area contributed by atoms with Gasteiger partial charge in [0.05, 0.1) is 0 Å². The molecule has 0 rings (SSSR count). The molecule has 1 heteroatoms. The summed E-state index contributed by atoms with van der Waals surface area (Å²) in [5.41, 5.74) is 1.36. The molecule has 0 radical (unpaired) electrons. The van der Waals surface area contributed by atoms with E-state index >= 15 is 0 Å². The first kappa shape index (κ1) is 12.8. The highest BCUT2D eigenvalue weighted by Crippen LogP contribution is 2.18. The van der Waals surface area contributed by atoms with E-state index in [0.29, 0.717) is 11.2 Å². The molecule has 0 aromatic rings. The van der Waals surface area contributed by atoms with Crippen molar-refractivity contribution in [3.8, 4) is 0 Å². The highest BCUT2D eigenvalue weighted by atomic mass is 32.1. The molecule has 0 aliphatic rings. The van der Waals surface area contributed by atoms with E-state index in [1.165, 1.54) is 18.4 Å². The van der Waals surface area contributed by atoms with Crippen LogP contribution in [0.5, 0.6) is 0 Å². The van der Waals surface area contributed by atoms with Crippen LogP contribution in [0, 0.1) is 5.92 Å². The lowest BCUT2D eigenvalue weighted by atomic mass is 9.99. The molecule has 0 N–H and O–H groups in total. The van der Waals surface area contributed by atoms with E-state index in [0.717, 1.165) is 6.42 Å². The highest BCUT2D eigenvalue weighted by Gasteiger charge is 2.06. The van der Waals surface area contributed by atoms with Crippen LogP contribution in [0.1, 0.15) is 40.0 Å². The summed E-state index contributed by atoms with van der Waals surface area (Å²) in [4.78, 5) is 0. The largest absolute Gasteiger partial charge is 0.176 e. The van der Waals surface area contributed by atoms with Crippen molar-refractivity contribution < 1.29 is 0 Å². The normalized spacial score (nSPS) is 16.8. The van der Waals surface area contributed by atoms with Gasteiger partial charge >= 0.3 is 0 Å². The van der Waals surface area contributed by atoms with Gasteiger partial charge in [0.2, 0.25) is 0 Å². The molecule has 0 saturated heterocycles. The zero-order valence-electron chi connectivity index (χ0n) is 9.09. The molecule has 0 aromatic carbocycles. The molecule has 0 bridgehead atoms. The first-order valence-corrected chi connectivity index (χ1v) is 5.59. The summed E-state index contributed by atoms with van der Waals surface area (Å²) < 4.78 is 0. The fourth-order valence-electron chi connectivity index (χ4n) is 1.23. The Hall–Kier alpha value is -0.170. The van der Waals surface area contributed by atoms with Crippen molar-refractivity contribution in [3.05, 3.63) is 24.3 Å². The predicted molar refractivity (Wildman–Crippen MR) is 65.4 cm³/mol. The molecule has 0 aromatic heterocycles. The lowest BCUT2D eigenvalue weighted by Gasteiger charge is -2.14. The van der Waals surface area contributed by atoms with Crippen LogP contribution < -0.4 is 0 Å². The summed E-state index contributed by atoms with van der Waals surface area (Å²) in [6, 6.07) is 0. The Kier molecular flexibility index (Phi) is 7.16. The van der Waals surface area contributed by atoms with Crippen LogP contribution in [0.15, 0.2) is 24.3 Å². The van der Waals surface area contributed by atoms with Gasteiger partial charge in [-0.1, -0.05) is 38.2 Å². The SMILES string of the molecule is C=C/C(=C\C)CCC[C@H](C)C(C)S. The van der Waals surface area contributed by atoms with Gasteiger partial charge in [-0.2, -0.15) is 12.6 Å². The van der Waals surface area contributed by atoms with E-state index in [-0.39, 0.29) is 0 Å². The molecular formula is C12H22S. The van der Waals surface area contributed by atoms with Gasteiger partial charge in [-0.25, -0.2) is 0 Å². The minimum atomic E-state index is 0.512. The van der Waals surface area contributed by atoms with Crippen molar-refractivity contribution in [2.75, 3.05) is 0 Å². The molecule has 2 atom stereocenters. The number of hydrogen-bond acceptors (Lipinski definition) is 1. The standard InChI is InChI=1S/C12H22S/c1-5-12(6-2)9-7-8-10(3)11(4)13/h5-6,10-11,13H,1,7-9H2,2-4H3/b12-6+/t10-,11?/m0/s1. The zero-order valence-corrected chi connectivity index (χ0v) is 9.98. The first-order chi connectivity index (χ1) is 6.11. The van der Waals surface area contributed by atoms with E-state index in [2.05, 4.69) is 46.1 Å². The van der Waals surface area contributed by atoms with Gasteiger partial charge in [0.1, 0.15) is 0 Å². The molecule has 0 nitrogen and oxygen atoms in total. The Bertz CT molecular complexity index is 168. The van der Waals surface area contributed by atoms with E-state index in [4.69, 9.17) is 0 Å². The van der Waals surface area contributed by atoms with Crippen LogP contribution in [0.3, 0.4) is 0 Å². The van der Waals surface area contributed by atoms with Crippen molar-refractivity contribution in [3.63, 3.8) is 0 Å². The van der Waals surface area contributed by atoms with Gasteiger partial charge in [0.25, 0.3) is 0 Å². The molecule has 0 spiro atoms. The quantitative estimate of drug-likeness (QED) is 0.479. The maximum atomic E-state index is 4.43. The summed E-state index contributed by atoms with van der Waals surface area (Å²) in [5, 5.41) is 0.512. The Balaban J connectivity index is 3.61. The third kappa shape index (κ3) is 5.98. The molecule has 0 aliphatic carbocycles. The number of allylic oxidation sites excluding steroid dienone is 3. The Morgan fingerprint density at radius 3 is 2.46 bits per heavy atom. The lowest BCUT2D eigenvalue weighted by molar-refractivity contribution is 0.509. The molecule has 76 valence electrons. The van der Waals surface area contributed by atoms with Crippen molar-refractivity contribution in [1.29, 1.82) is 0 Å². The van der Waals surface area contributed by atoms with Crippen LogP contribution >= 0.6 is 12.6 Å². The summed E-state index contributed by atoms with van der Waals surface area (Å²) in [7, 11) is 0. The van der Waals surface area contributed by atoms with Crippen molar-refractivity contribution in [1.82, 2.24) is 0 Å². The zero-order chi connectivity index (χ0) is 10.3. The van der Waals surface area contributed by atoms with E-state index in [9.17, 15) is 0 Å². The molecule has 13 heavy (non-hydrogen) atoms. The minimum Gasteiger partial charge on any atom is -0.176 e. The average Bonchev–Trinajstić information content (AvgIpc) is 2.12. The molecule has 0 fully saturated rings. The predicted octanol–water partition coefficient (Wildman–Crippen LogP) is 4.24. The molecule has 1 unspecified atom stereocenters. The Labute approximate surface area is 88.5 Å². The first-order valence-electron chi connectivity index (χ1n) is 5.07. The molecule has 0 saturated carbocycles. The van der Waals surface area contributed by atoms with Crippen LogP contribution in [0.25, 0.3) is 0 Å². The molecule has 0 amide bonds. The third-order valence-corrected chi connectivity index (χ3v) is 3.09. The maximum Gasteiger partial charge on any atom is 0.00141 e. The fourth-order valence-corrected chi connectivity index (χ4v) is 1.38. The number of hydrogen-bond donors (Lipinski definition) is 1. The van der Waals surface area contributed by atoms with Gasteiger partial charge in [-0.3, -0.25) is 0 Å². The molecule has 0 aliphatic heterocycles. The van der Waals surface area contributed by atoms with Crippen LogP contribution in [0.4, 0.5) is 0 Å². The van der Waals surface area contributed by atoms with Crippen LogP contribution in [-0.4, -0.2) is 5.25 Å². The van der Waals surface area contributed by atoms with E-state index in [1.807, 2.05) is 6.08 Å². The van der Waals surface area contributed by atoms with Crippen molar-refractivity contribution in [2.45, 2.75) is 45.3 Å². The molecular weight excluding hydrogens is 176 g/mol. The second kappa shape index (κ2) is 7.25. The molecule has 0 heterocycles. The van der Waals surface area contributed by atoms with Crippen molar-refractivity contribution >= 4 is 12.6 Å². The summed E-state index contributed by atoms with van der Waals surface area (Å²) in [5.74, 6) is 0.714. The number of rotatable bonds is 6. The number of thiol groups is 1. The minimum absolute atomic E-state index is 0.512. The summed E-state index contributed by atoms with van der Waals surface area (Å²) >= 11 is 4.43. The van der Waals surface area contributed by atoms with E-state index < -0.39 is 0 Å². The maximum absolute atomic E-state index is 4.43. The topological polar surface area (TPSA) is 0 Å². The second-order valence-electron chi connectivity index (χ2n) is 3.68. The monoisotopic (exact) mass is 198 g/mol. The Morgan fingerprint density at radius 1 is 1.46 bits per heavy atom. The van der Waals surface area contributed by atoms with Gasteiger partial charge in [-0.05, 0) is 32.1 Å². The summed E-state index contributed by atoms with van der Waals surface area (Å²) in [6.07, 6.45) is 7.76. The fraction of sp³-hybridized carbons (Fsp3) is 0.667.